The lowest BCUT2D eigenvalue weighted by Crippen LogP contribution is -2.44. The van der Waals surface area contributed by atoms with Gasteiger partial charge in [-0.25, -0.2) is 14.4 Å². The van der Waals surface area contributed by atoms with Gasteiger partial charge in [0.1, 0.15) is 17.0 Å². The largest absolute Gasteiger partial charge is 0.367 e. The Hall–Kier alpha value is -3.82. The maximum Gasteiger partial charge on any atom is 0.180 e. The molecule has 2 aliphatic rings. The van der Waals surface area contributed by atoms with Crippen LogP contribution in [0.3, 0.4) is 0 Å². The van der Waals surface area contributed by atoms with Crippen molar-refractivity contribution in [3.63, 3.8) is 0 Å². The van der Waals surface area contributed by atoms with E-state index < -0.39 is 0 Å². The van der Waals surface area contributed by atoms with Crippen molar-refractivity contribution in [2.24, 2.45) is 0 Å². The highest BCUT2D eigenvalue weighted by Crippen LogP contribution is 2.34. The van der Waals surface area contributed by atoms with Crippen LogP contribution in [0, 0.1) is 5.82 Å². The van der Waals surface area contributed by atoms with Crippen molar-refractivity contribution in [2.45, 2.75) is 19.8 Å². The van der Waals surface area contributed by atoms with E-state index in [1.54, 1.807) is 6.20 Å². The quantitative estimate of drug-likeness (QED) is 0.330. The molecule has 0 saturated carbocycles. The van der Waals surface area contributed by atoms with E-state index in [4.69, 9.17) is 4.98 Å². The van der Waals surface area contributed by atoms with Crippen molar-refractivity contribution >= 4 is 33.3 Å². The fourth-order valence-electron chi connectivity index (χ4n) is 5.67. The second kappa shape index (κ2) is 10.7. The van der Waals surface area contributed by atoms with Crippen LogP contribution in [-0.4, -0.2) is 87.8 Å². The number of halogens is 1. The minimum Gasteiger partial charge on any atom is -0.367 e. The number of benzene rings is 1. The van der Waals surface area contributed by atoms with Crippen LogP contribution in [0.4, 0.5) is 10.1 Å². The molecule has 8 nitrogen and oxygen atoms in total. The Morgan fingerprint density at radius 1 is 1.10 bits per heavy atom. The van der Waals surface area contributed by atoms with Crippen LogP contribution in [-0.2, 0) is 0 Å². The standard InChI is InChI=1S/C30H35FN8/c1-4-20(19-38-12-6-7-13-38)18-21(5-2)22-8-9-23-25(26(22)31)28(36-35-23)30-33-27-24(10-11-32-29(27)34-30)39-16-14-37(3)15-17-39/h4-5,8-11,18H,1,6-7,12-17,19H2,2-3H3,(H,35,36)(H,32,33,34)/b20-18+,21-5+. The van der Waals surface area contributed by atoms with Gasteiger partial charge in [0.05, 0.1) is 16.6 Å². The van der Waals surface area contributed by atoms with Crippen molar-refractivity contribution in [2.75, 3.05) is 57.8 Å². The minimum atomic E-state index is -0.321. The number of anilines is 1. The normalized spacial score (nSPS) is 18.1. The van der Waals surface area contributed by atoms with Gasteiger partial charge < -0.3 is 14.8 Å². The Morgan fingerprint density at radius 2 is 1.90 bits per heavy atom. The fourth-order valence-corrected chi connectivity index (χ4v) is 5.67. The molecule has 2 aliphatic heterocycles. The molecule has 0 unspecified atom stereocenters. The molecule has 202 valence electrons. The Kier molecular flexibility index (Phi) is 7.01. The zero-order valence-electron chi connectivity index (χ0n) is 22.7. The number of piperazine rings is 1. The lowest BCUT2D eigenvalue weighted by molar-refractivity contribution is 0.313. The number of imidazole rings is 1. The van der Waals surface area contributed by atoms with Crippen LogP contribution >= 0.6 is 0 Å². The average molecular weight is 527 g/mol. The third-order valence-electron chi connectivity index (χ3n) is 7.94. The molecule has 2 saturated heterocycles. The summed E-state index contributed by atoms with van der Waals surface area (Å²) in [7, 11) is 2.14. The first kappa shape index (κ1) is 25.5. The molecule has 5 heterocycles. The van der Waals surface area contributed by atoms with Crippen molar-refractivity contribution in [1.82, 2.24) is 34.9 Å². The lowest BCUT2D eigenvalue weighted by atomic mass is 9.99. The maximum atomic E-state index is 16.3. The molecule has 0 atom stereocenters. The van der Waals surface area contributed by atoms with Gasteiger partial charge in [0.2, 0.25) is 0 Å². The fraction of sp³-hybridized carbons (Fsp3) is 0.367. The number of rotatable bonds is 7. The predicted molar refractivity (Wildman–Crippen MR) is 156 cm³/mol. The molecule has 39 heavy (non-hydrogen) atoms. The van der Waals surface area contributed by atoms with Gasteiger partial charge in [0, 0.05) is 44.5 Å². The van der Waals surface area contributed by atoms with Crippen LogP contribution in [0.2, 0.25) is 0 Å². The highest BCUT2D eigenvalue weighted by molar-refractivity contribution is 5.97. The van der Waals surface area contributed by atoms with Crippen LogP contribution < -0.4 is 4.90 Å². The summed E-state index contributed by atoms with van der Waals surface area (Å²) < 4.78 is 16.3. The molecule has 1 aromatic carbocycles. The van der Waals surface area contributed by atoms with Gasteiger partial charge in [0.25, 0.3) is 0 Å². The van der Waals surface area contributed by atoms with Gasteiger partial charge in [-0.05, 0) is 69.2 Å². The summed E-state index contributed by atoms with van der Waals surface area (Å²) in [6.07, 6.45) is 10.1. The number of H-pyrrole nitrogens is 2. The Labute approximate surface area is 227 Å². The third kappa shape index (κ3) is 4.88. The number of fused-ring (bicyclic) bond motifs is 2. The second-order valence-electron chi connectivity index (χ2n) is 10.5. The number of allylic oxidation sites excluding steroid dienone is 3. The van der Waals surface area contributed by atoms with Crippen LogP contribution in [0.1, 0.15) is 25.3 Å². The number of aromatic nitrogens is 5. The summed E-state index contributed by atoms with van der Waals surface area (Å²) in [5.74, 6) is 0.178. The van der Waals surface area contributed by atoms with Gasteiger partial charge in [-0.2, -0.15) is 5.10 Å². The van der Waals surface area contributed by atoms with E-state index in [0.717, 1.165) is 68.2 Å². The SMILES string of the molecule is C=C/C(=C\C(=C/C)c1ccc2[nH]nc(-c3nc4nccc(N5CCN(C)CC5)c4[nH]3)c2c1F)CN1CCCC1. The number of likely N-dealkylation sites (tertiary alicyclic amines) is 1. The number of nitrogens with one attached hydrogen (secondary N) is 2. The minimum absolute atomic E-state index is 0.321. The highest BCUT2D eigenvalue weighted by Gasteiger charge is 2.23. The molecular formula is C30H35FN8. The molecule has 9 heteroatoms. The van der Waals surface area contributed by atoms with Gasteiger partial charge in [-0.1, -0.05) is 24.8 Å². The number of aromatic amines is 2. The summed E-state index contributed by atoms with van der Waals surface area (Å²) >= 11 is 0. The Bertz CT molecular complexity index is 1560. The molecule has 0 bridgehead atoms. The third-order valence-corrected chi connectivity index (χ3v) is 7.94. The van der Waals surface area contributed by atoms with E-state index in [0.29, 0.717) is 33.6 Å². The number of nitrogens with zero attached hydrogens (tertiary/aromatic N) is 6. The topological polar surface area (TPSA) is 80.0 Å². The van der Waals surface area contributed by atoms with Gasteiger partial charge >= 0.3 is 0 Å². The number of likely N-dealkylation sites (N-methyl/N-ethyl adjacent to an activating group) is 1. The molecule has 6 rings (SSSR count). The summed E-state index contributed by atoms with van der Waals surface area (Å²) in [6.45, 7) is 12.8. The molecule has 0 spiro atoms. The molecular weight excluding hydrogens is 491 g/mol. The molecule has 0 radical (unpaired) electrons. The summed E-state index contributed by atoms with van der Waals surface area (Å²) in [4.78, 5) is 19.7. The van der Waals surface area contributed by atoms with E-state index in [1.165, 1.54) is 12.8 Å². The number of hydrogen-bond donors (Lipinski definition) is 2. The van der Waals surface area contributed by atoms with Crippen molar-refractivity contribution in [3.8, 4) is 11.5 Å². The Balaban J connectivity index is 1.38. The zero-order chi connectivity index (χ0) is 26.9. The molecule has 2 N–H and O–H groups in total. The van der Waals surface area contributed by atoms with Crippen LogP contribution in [0.15, 0.2) is 54.8 Å². The molecule has 3 aromatic heterocycles. The molecule has 2 fully saturated rings. The van der Waals surface area contributed by atoms with Crippen LogP contribution in [0.25, 0.3) is 39.2 Å². The first-order chi connectivity index (χ1) is 19.1. The van der Waals surface area contributed by atoms with E-state index in [9.17, 15) is 0 Å². The second-order valence-corrected chi connectivity index (χ2v) is 10.5. The van der Waals surface area contributed by atoms with E-state index in [1.807, 2.05) is 43.4 Å². The lowest BCUT2D eigenvalue weighted by Gasteiger charge is -2.34. The average Bonchev–Trinajstić information content (AvgIpc) is 3.71. The van der Waals surface area contributed by atoms with Gasteiger partial charge in [-0.15, -0.1) is 0 Å². The van der Waals surface area contributed by atoms with Gasteiger partial charge in [-0.3, -0.25) is 10.00 Å². The predicted octanol–water partition coefficient (Wildman–Crippen LogP) is 5.00. The van der Waals surface area contributed by atoms with E-state index in [-0.39, 0.29) is 5.82 Å². The summed E-state index contributed by atoms with van der Waals surface area (Å²) in [5, 5.41) is 7.89. The monoisotopic (exact) mass is 526 g/mol. The number of pyridine rings is 1. The number of hydrogen-bond acceptors (Lipinski definition) is 6. The highest BCUT2D eigenvalue weighted by atomic mass is 19.1. The van der Waals surface area contributed by atoms with Crippen molar-refractivity contribution in [3.05, 3.63) is 66.2 Å². The molecule has 4 aromatic rings. The van der Waals surface area contributed by atoms with E-state index >= 15 is 4.39 Å². The first-order valence-corrected chi connectivity index (χ1v) is 13.7. The van der Waals surface area contributed by atoms with Crippen LogP contribution in [0.5, 0.6) is 0 Å². The Morgan fingerprint density at radius 3 is 2.64 bits per heavy atom. The zero-order valence-corrected chi connectivity index (χ0v) is 22.7. The molecule has 0 aliphatic carbocycles. The van der Waals surface area contributed by atoms with Crippen molar-refractivity contribution in [1.29, 1.82) is 0 Å². The van der Waals surface area contributed by atoms with E-state index in [2.05, 4.69) is 48.5 Å². The van der Waals surface area contributed by atoms with Crippen molar-refractivity contribution < 1.29 is 4.39 Å². The molecule has 0 amide bonds. The summed E-state index contributed by atoms with van der Waals surface area (Å²) in [5.41, 5.74) is 6.01. The smallest absolute Gasteiger partial charge is 0.180 e. The maximum absolute atomic E-state index is 16.3. The summed E-state index contributed by atoms with van der Waals surface area (Å²) in [6, 6.07) is 5.71. The van der Waals surface area contributed by atoms with Gasteiger partial charge in [0.15, 0.2) is 11.5 Å². The first-order valence-electron chi connectivity index (χ1n) is 13.7.